The molecule has 0 fully saturated rings. The Morgan fingerprint density at radius 1 is 0.840 bits per heavy atom. The predicted molar refractivity (Wildman–Crippen MR) is 103 cm³/mol. The van der Waals surface area contributed by atoms with Gasteiger partial charge >= 0.3 is 0 Å². The lowest BCUT2D eigenvalue weighted by Crippen LogP contribution is -2.33. The number of hydrogen-bond acceptors (Lipinski definition) is 3. The fourth-order valence-corrected chi connectivity index (χ4v) is 3.36. The van der Waals surface area contributed by atoms with Crippen molar-refractivity contribution in [2.75, 3.05) is 22.1 Å². The average Bonchev–Trinajstić information content (AvgIpc) is 2.66. The van der Waals surface area contributed by atoms with Crippen LogP contribution in [0, 0.1) is 0 Å². The van der Waals surface area contributed by atoms with Crippen molar-refractivity contribution in [3.8, 4) is 0 Å². The third-order valence-electron chi connectivity index (χ3n) is 4.48. The lowest BCUT2D eigenvalue weighted by atomic mass is 10.0. The molecule has 0 aliphatic carbocycles. The highest BCUT2D eigenvalue weighted by atomic mass is 16.2. The van der Waals surface area contributed by atoms with Gasteiger partial charge in [-0.3, -0.25) is 9.69 Å². The first-order valence-corrected chi connectivity index (χ1v) is 8.36. The van der Waals surface area contributed by atoms with E-state index in [1.165, 1.54) is 0 Å². The molecular weight excluding hydrogens is 310 g/mol. The second-order valence-corrected chi connectivity index (χ2v) is 5.99. The number of amides is 1. The van der Waals surface area contributed by atoms with Crippen molar-refractivity contribution in [3.05, 3.63) is 78.4 Å². The monoisotopic (exact) mass is 329 g/mol. The number of anilines is 5. The number of nitrogens with zero attached hydrogens (tertiary/aromatic N) is 2. The van der Waals surface area contributed by atoms with Gasteiger partial charge in [0.1, 0.15) is 0 Å². The van der Waals surface area contributed by atoms with Crippen LogP contribution in [0.3, 0.4) is 0 Å². The predicted octanol–water partition coefficient (Wildman–Crippen LogP) is 4.72. The van der Waals surface area contributed by atoms with E-state index in [1.807, 2.05) is 72.8 Å². The summed E-state index contributed by atoms with van der Waals surface area (Å²) in [6.07, 6.45) is 0. The first-order chi connectivity index (χ1) is 12.2. The molecule has 1 heterocycles. The summed E-state index contributed by atoms with van der Waals surface area (Å²) in [5, 5.41) is 0. The maximum atomic E-state index is 13.3. The van der Waals surface area contributed by atoms with Crippen LogP contribution in [0.1, 0.15) is 17.3 Å². The molecule has 2 N–H and O–H groups in total. The molecule has 4 rings (SSSR count). The fourth-order valence-electron chi connectivity index (χ4n) is 3.36. The zero-order valence-electron chi connectivity index (χ0n) is 14.0. The molecule has 0 unspecified atom stereocenters. The number of nitrogens with two attached hydrogens (primary N) is 1. The molecule has 124 valence electrons. The largest absolute Gasteiger partial charge is 0.399 e. The zero-order chi connectivity index (χ0) is 17.4. The van der Waals surface area contributed by atoms with Crippen LogP contribution in [0.2, 0.25) is 0 Å². The third kappa shape index (κ3) is 2.43. The Morgan fingerprint density at radius 2 is 1.48 bits per heavy atom. The van der Waals surface area contributed by atoms with Gasteiger partial charge in [-0.25, -0.2) is 0 Å². The van der Waals surface area contributed by atoms with E-state index in [0.29, 0.717) is 11.3 Å². The number of fused-ring (bicyclic) bond motifs is 2. The van der Waals surface area contributed by atoms with Gasteiger partial charge in [0.05, 0.1) is 22.7 Å². The van der Waals surface area contributed by atoms with Crippen LogP contribution in [0.4, 0.5) is 28.4 Å². The lowest BCUT2D eigenvalue weighted by Gasteiger charge is -2.38. The lowest BCUT2D eigenvalue weighted by molar-refractivity contribution is 0.0999. The molecule has 0 bridgehead atoms. The Hall–Kier alpha value is -3.27. The van der Waals surface area contributed by atoms with Crippen molar-refractivity contribution in [2.24, 2.45) is 0 Å². The topological polar surface area (TPSA) is 49.6 Å². The molecule has 25 heavy (non-hydrogen) atoms. The van der Waals surface area contributed by atoms with Gasteiger partial charge in [0.2, 0.25) is 0 Å². The molecule has 0 saturated carbocycles. The Kier molecular flexibility index (Phi) is 3.65. The second kappa shape index (κ2) is 5.98. The molecule has 0 aromatic heterocycles. The van der Waals surface area contributed by atoms with E-state index in [2.05, 4.69) is 11.8 Å². The highest BCUT2D eigenvalue weighted by molar-refractivity contribution is 6.16. The van der Waals surface area contributed by atoms with E-state index in [9.17, 15) is 4.79 Å². The van der Waals surface area contributed by atoms with Crippen molar-refractivity contribution < 1.29 is 4.79 Å². The molecule has 0 atom stereocenters. The Labute approximate surface area is 147 Å². The summed E-state index contributed by atoms with van der Waals surface area (Å²) >= 11 is 0. The molecule has 0 saturated heterocycles. The summed E-state index contributed by atoms with van der Waals surface area (Å²) in [6.45, 7) is 2.89. The first-order valence-electron chi connectivity index (χ1n) is 8.36. The summed E-state index contributed by atoms with van der Waals surface area (Å²) < 4.78 is 0. The summed E-state index contributed by atoms with van der Waals surface area (Å²) in [5.74, 6) is -0.0465. The van der Waals surface area contributed by atoms with Crippen LogP contribution in [0.25, 0.3) is 0 Å². The van der Waals surface area contributed by atoms with Gasteiger partial charge in [-0.15, -0.1) is 0 Å². The minimum Gasteiger partial charge on any atom is -0.399 e. The van der Waals surface area contributed by atoms with Gasteiger partial charge in [0.15, 0.2) is 0 Å². The Bertz CT molecular complexity index is 937. The van der Waals surface area contributed by atoms with Crippen molar-refractivity contribution in [1.29, 1.82) is 0 Å². The van der Waals surface area contributed by atoms with Crippen LogP contribution in [-0.4, -0.2) is 12.5 Å². The summed E-state index contributed by atoms with van der Waals surface area (Å²) in [6, 6.07) is 23.0. The van der Waals surface area contributed by atoms with Crippen LogP contribution < -0.4 is 15.5 Å². The minimum absolute atomic E-state index is 0.0465. The van der Waals surface area contributed by atoms with Crippen LogP contribution in [-0.2, 0) is 0 Å². The van der Waals surface area contributed by atoms with E-state index >= 15 is 0 Å². The maximum Gasteiger partial charge on any atom is 0.262 e. The van der Waals surface area contributed by atoms with Crippen molar-refractivity contribution >= 4 is 34.3 Å². The second-order valence-electron chi connectivity index (χ2n) is 5.99. The number of rotatable bonds is 2. The Balaban J connectivity index is 1.95. The SMILES string of the molecule is CCN1c2ccccc2N(C(=O)c2ccccc2)c2ccc(N)cc21. The number of benzene rings is 3. The van der Waals surface area contributed by atoms with Gasteiger partial charge in [0, 0.05) is 17.8 Å². The number of carbonyl (C=O) groups excluding carboxylic acids is 1. The van der Waals surface area contributed by atoms with E-state index < -0.39 is 0 Å². The summed E-state index contributed by atoms with van der Waals surface area (Å²) in [5.41, 5.74) is 11.1. The molecule has 4 nitrogen and oxygen atoms in total. The quantitative estimate of drug-likeness (QED) is 0.692. The standard InChI is InChI=1S/C21H19N3O/c1-2-23-17-10-6-7-11-18(17)24(19-13-12-16(22)14-20(19)23)21(25)15-8-4-3-5-9-15/h3-14H,2,22H2,1H3. The molecule has 4 heteroatoms. The maximum absolute atomic E-state index is 13.3. The molecule has 1 amide bonds. The number of carbonyl (C=O) groups is 1. The fraction of sp³-hybridized carbons (Fsp3) is 0.0952. The number of para-hydroxylation sites is 2. The molecule has 0 radical (unpaired) electrons. The summed E-state index contributed by atoms with van der Waals surface area (Å²) in [7, 11) is 0. The van der Waals surface area contributed by atoms with Crippen LogP contribution in [0.15, 0.2) is 72.8 Å². The third-order valence-corrected chi connectivity index (χ3v) is 4.48. The van der Waals surface area contributed by atoms with E-state index in [4.69, 9.17) is 5.73 Å². The molecule has 1 aliphatic rings. The van der Waals surface area contributed by atoms with Crippen molar-refractivity contribution in [2.45, 2.75) is 6.92 Å². The van der Waals surface area contributed by atoms with Crippen LogP contribution in [0.5, 0.6) is 0 Å². The van der Waals surface area contributed by atoms with Gasteiger partial charge in [-0.2, -0.15) is 0 Å². The normalized spacial score (nSPS) is 12.5. The number of nitrogen functional groups attached to an aromatic ring is 1. The van der Waals surface area contributed by atoms with E-state index in [0.717, 1.165) is 29.3 Å². The van der Waals surface area contributed by atoms with Gasteiger partial charge in [-0.1, -0.05) is 30.3 Å². The summed E-state index contributed by atoms with van der Waals surface area (Å²) in [4.78, 5) is 17.3. The molecule has 3 aromatic rings. The molecule has 1 aliphatic heterocycles. The minimum atomic E-state index is -0.0465. The molecule has 0 spiro atoms. The average molecular weight is 329 g/mol. The van der Waals surface area contributed by atoms with Crippen molar-refractivity contribution in [1.82, 2.24) is 0 Å². The zero-order valence-corrected chi connectivity index (χ0v) is 14.0. The highest BCUT2D eigenvalue weighted by Gasteiger charge is 2.31. The van der Waals surface area contributed by atoms with Gasteiger partial charge in [-0.05, 0) is 49.4 Å². The van der Waals surface area contributed by atoms with Gasteiger partial charge in [0.25, 0.3) is 5.91 Å². The number of hydrogen-bond donors (Lipinski definition) is 1. The van der Waals surface area contributed by atoms with Crippen molar-refractivity contribution in [3.63, 3.8) is 0 Å². The van der Waals surface area contributed by atoms with E-state index in [-0.39, 0.29) is 5.91 Å². The molecule has 3 aromatic carbocycles. The molecular formula is C21H19N3O. The van der Waals surface area contributed by atoms with Gasteiger partial charge < -0.3 is 10.6 Å². The highest BCUT2D eigenvalue weighted by Crippen LogP contribution is 2.48. The first kappa shape index (κ1) is 15.3. The Morgan fingerprint density at radius 3 is 2.20 bits per heavy atom. The van der Waals surface area contributed by atoms with E-state index in [1.54, 1.807) is 4.90 Å². The van der Waals surface area contributed by atoms with Crippen LogP contribution >= 0.6 is 0 Å². The smallest absolute Gasteiger partial charge is 0.262 e.